The third-order valence-corrected chi connectivity index (χ3v) is 6.51. The third-order valence-electron chi connectivity index (χ3n) is 6.14. The summed E-state index contributed by atoms with van der Waals surface area (Å²) in [6.07, 6.45) is 1.67. The van der Waals surface area contributed by atoms with Crippen molar-refractivity contribution < 1.29 is 4.79 Å². The minimum Gasteiger partial charge on any atom is -0.338 e. The van der Waals surface area contributed by atoms with Crippen LogP contribution in [-0.2, 0) is 6.54 Å². The Balaban J connectivity index is 1.44. The molecule has 2 aromatic carbocycles. The van der Waals surface area contributed by atoms with Crippen LogP contribution in [0, 0.1) is 6.92 Å². The minimum absolute atomic E-state index is 0.00616. The van der Waals surface area contributed by atoms with Crippen LogP contribution in [0.1, 0.15) is 46.1 Å². The average molecular weight is 463 g/mol. The van der Waals surface area contributed by atoms with Gasteiger partial charge in [0, 0.05) is 29.6 Å². The number of benzene rings is 2. The van der Waals surface area contributed by atoms with E-state index >= 15 is 0 Å². The molecule has 1 N–H and O–H groups in total. The molecule has 2 aromatic heterocycles. The Morgan fingerprint density at radius 3 is 2.79 bits per heavy atom. The molecule has 9 heteroatoms. The maximum absolute atomic E-state index is 13.1. The van der Waals surface area contributed by atoms with Crippen LogP contribution in [0.4, 0.5) is 0 Å². The molecule has 1 aliphatic heterocycles. The highest BCUT2D eigenvalue weighted by atomic mass is 35.5. The molecule has 33 heavy (non-hydrogen) atoms. The lowest BCUT2D eigenvalue weighted by Gasteiger charge is -2.32. The van der Waals surface area contributed by atoms with Gasteiger partial charge in [-0.15, -0.1) is 5.10 Å². The molecule has 0 bridgehead atoms. The fourth-order valence-corrected chi connectivity index (χ4v) is 4.53. The molecule has 5 rings (SSSR count). The number of nitrogens with one attached hydrogen (secondary N) is 1. The van der Waals surface area contributed by atoms with E-state index in [4.69, 9.17) is 16.6 Å². The van der Waals surface area contributed by atoms with Crippen LogP contribution in [0.5, 0.6) is 0 Å². The average Bonchev–Trinajstić information content (AvgIpc) is 3.24. The highest BCUT2D eigenvalue weighted by molar-refractivity contribution is 6.31. The van der Waals surface area contributed by atoms with Crippen molar-refractivity contribution in [1.29, 1.82) is 0 Å². The Kier molecular flexibility index (Phi) is 5.68. The Hall–Kier alpha value is -3.52. The van der Waals surface area contributed by atoms with E-state index in [0.717, 1.165) is 24.0 Å². The van der Waals surface area contributed by atoms with Gasteiger partial charge in [0.05, 0.1) is 6.54 Å². The van der Waals surface area contributed by atoms with E-state index in [1.54, 1.807) is 4.68 Å². The summed E-state index contributed by atoms with van der Waals surface area (Å²) < 4.78 is 1.59. The van der Waals surface area contributed by atoms with Gasteiger partial charge in [-0.2, -0.15) is 0 Å². The lowest BCUT2D eigenvalue weighted by Crippen LogP contribution is -2.40. The zero-order chi connectivity index (χ0) is 22.9. The summed E-state index contributed by atoms with van der Waals surface area (Å²) in [4.78, 5) is 35.3. The largest absolute Gasteiger partial charge is 0.338 e. The van der Waals surface area contributed by atoms with Crippen molar-refractivity contribution >= 4 is 28.7 Å². The number of aryl methyl sites for hydroxylation is 1. The lowest BCUT2D eigenvalue weighted by atomic mass is 9.96. The Labute approximate surface area is 195 Å². The first-order valence-corrected chi connectivity index (χ1v) is 11.3. The Bertz CT molecular complexity index is 1400. The van der Waals surface area contributed by atoms with Gasteiger partial charge in [0.1, 0.15) is 5.82 Å². The quantitative estimate of drug-likeness (QED) is 0.500. The number of aromatic nitrogens is 5. The second-order valence-electron chi connectivity index (χ2n) is 8.37. The molecule has 1 amide bonds. The molecular formula is C24H23ClN6O2. The number of H-pyrrole nitrogens is 1. The van der Waals surface area contributed by atoms with Crippen LogP contribution in [0.25, 0.3) is 11.2 Å². The molecule has 0 radical (unpaired) electrons. The standard InChI is InChI=1S/C24H23ClN6O2/c1-15-7-2-4-10-18(15)24(33)30-12-6-9-17(13-30)21-26-22-20(23(32)27-21)28-29-31(22)14-16-8-3-5-11-19(16)25/h2-5,7-8,10-11,17H,6,9,12-14H2,1H3,(H,26,27,32)/t17-/m1/s1. The Morgan fingerprint density at radius 2 is 1.97 bits per heavy atom. The van der Waals surface area contributed by atoms with Gasteiger partial charge >= 0.3 is 0 Å². The zero-order valence-electron chi connectivity index (χ0n) is 18.2. The SMILES string of the molecule is Cc1ccccc1C(=O)N1CCC[C@@H](c2nc3c(nnn3Cc3ccccc3Cl)c(=O)[nH]2)C1. The van der Waals surface area contributed by atoms with Crippen molar-refractivity contribution in [3.63, 3.8) is 0 Å². The molecule has 0 spiro atoms. The van der Waals surface area contributed by atoms with Crippen molar-refractivity contribution in [1.82, 2.24) is 29.9 Å². The van der Waals surface area contributed by atoms with Crippen LogP contribution >= 0.6 is 11.6 Å². The highest BCUT2D eigenvalue weighted by Gasteiger charge is 2.28. The van der Waals surface area contributed by atoms with Gasteiger partial charge in [0.15, 0.2) is 11.2 Å². The van der Waals surface area contributed by atoms with Crippen molar-refractivity contribution in [3.05, 3.63) is 86.4 Å². The van der Waals surface area contributed by atoms with Crippen molar-refractivity contribution in [2.45, 2.75) is 32.2 Å². The molecule has 8 nitrogen and oxygen atoms in total. The predicted molar refractivity (Wildman–Crippen MR) is 126 cm³/mol. The van der Waals surface area contributed by atoms with Gasteiger partial charge in [-0.25, -0.2) is 9.67 Å². The van der Waals surface area contributed by atoms with E-state index in [9.17, 15) is 9.59 Å². The molecule has 1 saturated heterocycles. The number of nitrogens with zero attached hydrogens (tertiary/aromatic N) is 5. The number of hydrogen-bond donors (Lipinski definition) is 1. The lowest BCUT2D eigenvalue weighted by molar-refractivity contribution is 0.0704. The van der Waals surface area contributed by atoms with E-state index in [1.807, 2.05) is 60.4 Å². The van der Waals surface area contributed by atoms with Gasteiger partial charge in [-0.3, -0.25) is 9.59 Å². The molecule has 1 atom stereocenters. The van der Waals surface area contributed by atoms with E-state index in [0.29, 0.717) is 41.7 Å². The summed E-state index contributed by atoms with van der Waals surface area (Å²) in [5.41, 5.74) is 2.79. The van der Waals surface area contributed by atoms with Gasteiger partial charge in [-0.05, 0) is 43.0 Å². The molecule has 0 aliphatic carbocycles. The first-order valence-electron chi connectivity index (χ1n) is 10.9. The molecule has 1 aliphatic rings. The normalized spacial score (nSPS) is 16.3. The summed E-state index contributed by atoms with van der Waals surface area (Å²) in [5.74, 6) is 0.483. The first kappa shape index (κ1) is 21.3. The maximum atomic E-state index is 13.1. The van der Waals surface area contributed by atoms with Crippen molar-refractivity contribution in [2.24, 2.45) is 0 Å². The van der Waals surface area contributed by atoms with E-state index in [-0.39, 0.29) is 22.9 Å². The number of aromatic amines is 1. The number of fused-ring (bicyclic) bond motifs is 1. The number of carbonyl (C=O) groups is 1. The monoisotopic (exact) mass is 462 g/mol. The predicted octanol–water partition coefficient (Wildman–Crippen LogP) is 3.54. The number of carbonyl (C=O) groups excluding carboxylic acids is 1. The molecule has 4 aromatic rings. The summed E-state index contributed by atoms with van der Waals surface area (Å²) in [7, 11) is 0. The highest BCUT2D eigenvalue weighted by Crippen LogP contribution is 2.26. The summed E-state index contributed by atoms with van der Waals surface area (Å²) >= 11 is 6.30. The Morgan fingerprint density at radius 1 is 1.18 bits per heavy atom. The van der Waals surface area contributed by atoms with Crippen LogP contribution in [0.3, 0.4) is 0 Å². The fraction of sp³-hybridized carbons (Fsp3) is 0.292. The number of amides is 1. The molecule has 3 heterocycles. The first-order chi connectivity index (χ1) is 16.0. The van der Waals surface area contributed by atoms with Gasteiger partial charge in [-0.1, -0.05) is 53.2 Å². The second-order valence-corrected chi connectivity index (χ2v) is 8.77. The van der Waals surface area contributed by atoms with Crippen molar-refractivity contribution in [3.8, 4) is 0 Å². The molecule has 0 saturated carbocycles. The summed E-state index contributed by atoms with van der Waals surface area (Å²) in [5, 5.41) is 8.77. The number of hydrogen-bond acceptors (Lipinski definition) is 5. The van der Waals surface area contributed by atoms with Crippen LogP contribution < -0.4 is 5.56 Å². The maximum Gasteiger partial charge on any atom is 0.281 e. The third kappa shape index (κ3) is 4.14. The molecule has 1 fully saturated rings. The number of halogens is 1. The fourth-order valence-electron chi connectivity index (χ4n) is 4.34. The van der Waals surface area contributed by atoms with E-state index in [1.165, 1.54) is 0 Å². The molecule has 168 valence electrons. The van der Waals surface area contributed by atoms with Gasteiger partial charge in [0.25, 0.3) is 11.5 Å². The molecule has 0 unspecified atom stereocenters. The number of likely N-dealkylation sites (tertiary alicyclic amines) is 1. The van der Waals surface area contributed by atoms with Crippen molar-refractivity contribution in [2.75, 3.05) is 13.1 Å². The van der Waals surface area contributed by atoms with Gasteiger partial charge in [0.2, 0.25) is 0 Å². The van der Waals surface area contributed by atoms with Crippen LogP contribution in [0.15, 0.2) is 53.3 Å². The number of rotatable bonds is 4. The summed E-state index contributed by atoms with van der Waals surface area (Å²) in [6, 6.07) is 15.1. The smallest absolute Gasteiger partial charge is 0.281 e. The molecular weight excluding hydrogens is 440 g/mol. The van der Waals surface area contributed by atoms with E-state index in [2.05, 4.69) is 15.3 Å². The van der Waals surface area contributed by atoms with Crippen LogP contribution in [-0.4, -0.2) is 48.9 Å². The zero-order valence-corrected chi connectivity index (χ0v) is 18.9. The second kappa shape index (κ2) is 8.78. The minimum atomic E-state index is -0.331. The topological polar surface area (TPSA) is 96.8 Å². The van der Waals surface area contributed by atoms with Gasteiger partial charge < -0.3 is 9.88 Å². The number of piperidine rings is 1. The van der Waals surface area contributed by atoms with E-state index < -0.39 is 0 Å². The van der Waals surface area contributed by atoms with Crippen LogP contribution in [0.2, 0.25) is 5.02 Å². The summed E-state index contributed by atoms with van der Waals surface area (Å²) in [6.45, 7) is 3.47.